The second-order valence-corrected chi connectivity index (χ2v) is 6.22. The molecule has 0 aliphatic carbocycles. The molecule has 1 aromatic heterocycles. The number of nitro benzene ring substituents is 1. The highest BCUT2D eigenvalue weighted by Gasteiger charge is 2.09. The molecule has 0 saturated heterocycles. The fraction of sp³-hybridized carbons (Fsp3) is 0.400. The molecule has 0 atom stereocenters. The lowest BCUT2D eigenvalue weighted by Gasteiger charge is -2.05. The third-order valence-electron chi connectivity index (χ3n) is 2.97. The minimum Gasteiger partial charge on any atom is -0.316 e. The third-order valence-corrected chi connectivity index (χ3v) is 3.88. The van der Waals surface area contributed by atoms with E-state index in [9.17, 15) is 10.1 Å². The summed E-state index contributed by atoms with van der Waals surface area (Å²) in [5, 5.41) is 17.2. The first kappa shape index (κ1) is 15.6. The molecule has 0 radical (unpaired) electrons. The molecule has 0 aliphatic heterocycles. The highest BCUT2D eigenvalue weighted by molar-refractivity contribution is 7.09. The van der Waals surface area contributed by atoms with Crippen LogP contribution in [-0.4, -0.2) is 23.0 Å². The number of rotatable bonds is 7. The lowest BCUT2D eigenvalue weighted by molar-refractivity contribution is -0.384. The first-order chi connectivity index (χ1) is 10.1. The van der Waals surface area contributed by atoms with Crippen LogP contribution in [-0.2, 0) is 6.42 Å². The van der Waals surface area contributed by atoms with Crippen LogP contribution >= 0.6 is 11.3 Å². The zero-order valence-electron chi connectivity index (χ0n) is 12.2. The van der Waals surface area contributed by atoms with Crippen LogP contribution in [0.1, 0.15) is 18.9 Å². The molecule has 1 N–H and O–H groups in total. The number of nitrogens with one attached hydrogen (secondary N) is 1. The molecule has 0 bridgehead atoms. The highest BCUT2D eigenvalue weighted by Crippen LogP contribution is 2.25. The Morgan fingerprint density at radius 3 is 2.95 bits per heavy atom. The minimum atomic E-state index is -0.382. The van der Waals surface area contributed by atoms with Gasteiger partial charge in [-0.2, -0.15) is 0 Å². The molecule has 2 rings (SSSR count). The predicted molar refractivity (Wildman–Crippen MR) is 85.6 cm³/mol. The van der Waals surface area contributed by atoms with Crippen LogP contribution in [0.15, 0.2) is 29.6 Å². The van der Waals surface area contributed by atoms with Crippen molar-refractivity contribution in [1.82, 2.24) is 10.3 Å². The molecule has 2 aromatic rings. The summed E-state index contributed by atoms with van der Waals surface area (Å²) in [5.41, 5.74) is 1.70. The van der Waals surface area contributed by atoms with Gasteiger partial charge in [0.15, 0.2) is 0 Å². The first-order valence-corrected chi connectivity index (χ1v) is 7.84. The molecular weight excluding hydrogens is 286 g/mol. The van der Waals surface area contributed by atoms with E-state index in [-0.39, 0.29) is 10.6 Å². The number of nitrogens with zero attached hydrogens (tertiary/aromatic N) is 2. The fourth-order valence-electron chi connectivity index (χ4n) is 1.92. The zero-order valence-corrected chi connectivity index (χ0v) is 13.0. The summed E-state index contributed by atoms with van der Waals surface area (Å²) in [6.45, 7) is 6.26. The van der Waals surface area contributed by atoms with E-state index in [1.165, 1.54) is 6.07 Å². The zero-order chi connectivity index (χ0) is 15.2. The highest BCUT2D eigenvalue weighted by atomic mass is 32.1. The molecule has 5 nitrogen and oxygen atoms in total. The Balaban J connectivity index is 1.99. The molecule has 0 spiro atoms. The van der Waals surface area contributed by atoms with Crippen LogP contribution in [0.4, 0.5) is 5.69 Å². The molecule has 0 amide bonds. The Hall–Kier alpha value is -1.79. The van der Waals surface area contributed by atoms with Crippen molar-refractivity contribution in [1.29, 1.82) is 0 Å². The maximum absolute atomic E-state index is 10.8. The molecular formula is C15H19N3O2S. The van der Waals surface area contributed by atoms with E-state index in [0.717, 1.165) is 35.8 Å². The first-order valence-electron chi connectivity index (χ1n) is 6.96. The van der Waals surface area contributed by atoms with Crippen LogP contribution in [0, 0.1) is 16.0 Å². The van der Waals surface area contributed by atoms with Crippen LogP contribution in [0.25, 0.3) is 11.3 Å². The Labute approximate surface area is 128 Å². The SMILES string of the molecule is CC(C)CNCCc1nc(-c2cccc([N+](=O)[O-])c2)cs1. The lowest BCUT2D eigenvalue weighted by atomic mass is 10.1. The normalized spacial score (nSPS) is 11.0. The molecule has 6 heteroatoms. The number of aromatic nitrogens is 1. The van der Waals surface area contributed by atoms with Crippen molar-refractivity contribution in [2.45, 2.75) is 20.3 Å². The summed E-state index contributed by atoms with van der Waals surface area (Å²) < 4.78 is 0. The molecule has 112 valence electrons. The standard InChI is InChI=1S/C15H19N3O2S/c1-11(2)9-16-7-6-15-17-14(10-21-15)12-4-3-5-13(8-12)18(19)20/h3-5,8,10-11,16H,6-7,9H2,1-2H3. The second-order valence-electron chi connectivity index (χ2n) is 5.28. The van der Waals surface area contributed by atoms with Crippen molar-refractivity contribution in [2.75, 3.05) is 13.1 Å². The van der Waals surface area contributed by atoms with Crippen molar-refractivity contribution < 1.29 is 4.92 Å². The lowest BCUT2D eigenvalue weighted by Crippen LogP contribution is -2.22. The molecule has 21 heavy (non-hydrogen) atoms. The van der Waals surface area contributed by atoms with E-state index in [4.69, 9.17) is 0 Å². The van der Waals surface area contributed by atoms with Gasteiger partial charge < -0.3 is 5.32 Å². The van der Waals surface area contributed by atoms with Gasteiger partial charge in [0.2, 0.25) is 0 Å². The van der Waals surface area contributed by atoms with Gasteiger partial charge in [-0.15, -0.1) is 11.3 Å². The average molecular weight is 305 g/mol. The number of non-ortho nitro benzene ring substituents is 1. The monoisotopic (exact) mass is 305 g/mol. The average Bonchev–Trinajstić information content (AvgIpc) is 2.92. The van der Waals surface area contributed by atoms with Gasteiger partial charge in [-0.05, 0) is 12.5 Å². The van der Waals surface area contributed by atoms with Gasteiger partial charge in [-0.1, -0.05) is 26.0 Å². The van der Waals surface area contributed by atoms with Gasteiger partial charge in [0.1, 0.15) is 0 Å². The summed E-state index contributed by atoms with van der Waals surface area (Å²) in [6.07, 6.45) is 0.881. The van der Waals surface area contributed by atoms with Gasteiger partial charge in [0.25, 0.3) is 5.69 Å². The largest absolute Gasteiger partial charge is 0.316 e. The Morgan fingerprint density at radius 2 is 2.24 bits per heavy atom. The van der Waals surface area contributed by atoms with Gasteiger partial charge >= 0.3 is 0 Å². The summed E-state index contributed by atoms with van der Waals surface area (Å²) in [4.78, 5) is 15.0. The molecule has 1 heterocycles. The Kier molecular flexibility index (Phi) is 5.41. The maximum atomic E-state index is 10.8. The topological polar surface area (TPSA) is 68.1 Å². The fourth-order valence-corrected chi connectivity index (χ4v) is 2.73. The molecule has 0 saturated carbocycles. The predicted octanol–water partition coefficient (Wildman–Crippen LogP) is 3.51. The van der Waals surface area contributed by atoms with Crippen LogP contribution in [0.3, 0.4) is 0 Å². The van der Waals surface area contributed by atoms with Gasteiger partial charge in [0.05, 0.1) is 15.6 Å². The number of hydrogen-bond donors (Lipinski definition) is 1. The third kappa shape index (κ3) is 4.61. The molecule has 0 unspecified atom stereocenters. The van der Waals surface area contributed by atoms with Crippen molar-refractivity contribution in [2.24, 2.45) is 5.92 Å². The van der Waals surface area contributed by atoms with Gasteiger partial charge in [-0.25, -0.2) is 4.98 Å². The van der Waals surface area contributed by atoms with E-state index >= 15 is 0 Å². The van der Waals surface area contributed by atoms with Crippen molar-refractivity contribution in [3.05, 3.63) is 44.8 Å². The van der Waals surface area contributed by atoms with Crippen LogP contribution < -0.4 is 5.32 Å². The quantitative estimate of drug-likeness (QED) is 0.483. The smallest absolute Gasteiger partial charge is 0.270 e. The number of thiazole rings is 1. The van der Waals surface area contributed by atoms with E-state index in [2.05, 4.69) is 24.1 Å². The number of nitro groups is 1. The van der Waals surface area contributed by atoms with Crippen molar-refractivity contribution >= 4 is 17.0 Å². The number of benzene rings is 1. The summed E-state index contributed by atoms with van der Waals surface area (Å²) in [6, 6.07) is 6.60. The van der Waals surface area contributed by atoms with Crippen LogP contribution in [0.2, 0.25) is 0 Å². The second kappa shape index (κ2) is 7.28. The summed E-state index contributed by atoms with van der Waals surface area (Å²) in [7, 11) is 0. The van der Waals surface area contributed by atoms with E-state index in [0.29, 0.717) is 5.92 Å². The molecule has 1 aromatic carbocycles. The van der Waals surface area contributed by atoms with Crippen molar-refractivity contribution in [3.63, 3.8) is 0 Å². The van der Waals surface area contributed by atoms with E-state index in [1.54, 1.807) is 23.5 Å². The molecule has 0 aliphatic rings. The van der Waals surface area contributed by atoms with Crippen LogP contribution in [0.5, 0.6) is 0 Å². The van der Waals surface area contributed by atoms with E-state index in [1.807, 2.05) is 11.4 Å². The summed E-state index contributed by atoms with van der Waals surface area (Å²) >= 11 is 1.60. The summed E-state index contributed by atoms with van der Waals surface area (Å²) in [5.74, 6) is 0.640. The molecule has 0 fully saturated rings. The van der Waals surface area contributed by atoms with Crippen molar-refractivity contribution in [3.8, 4) is 11.3 Å². The Morgan fingerprint density at radius 1 is 1.43 bits per heavy atom. The Bertz CT molecular complexity index is 610. The van der Waals surface area contributed by atoms with Gasteiger partial charge in [0, 0.05) is 36.0 Å². The minimum absolute atomic E-state index is 0.0978. The maximum Gasteiger partial charge on any atom is 0.270 e. The number of hydrogen-bond acceptors (Lipinski definition) is 5. The van der Waals surface area contributed by atoms with Gasteiger partial charge in [-0.3, -0.25) is 10.1 Å². The van der Waals surface area contributed by atoms with E-state index < -0.39 is 0 Å².